The summed E-state index contributed by atoms with van der Waals surface area (Å²) in [5.74, 6) is 0.0826. The molecule has 5 heteroatoms. The predicted octanol–water partition coefficient (Wildman–Crippen LogP) is 1.99. The van der Waals surface area contributed by atoms with Gasteiger partial charge in [0.15, 0.2) is 0 Å². The lowest BCUT2D eigenvalue weighted by Crippen LogP contribution is -2.48. The topological polar surface area (TPSA) is 49.9 Å². The summed E-state index contributed by atoms with van der Waals surface area (Å²) < 4.78 is 6.03. The van der Waals surface area contributed by atoms with E-state index in [-0.39, 0.29) is 29.9 Å². The molecule has 2 saturated heterocycles. The lowest BCUT2D eigenvalue weighted by Gasteiger charge is -2.38. The van der Waals surface area contributed by atoms with Gasteiger partial charge in [0.2, 0.25) is 11.8 Å². The van der Waals surface area contributed by atoms with Crippen LogP contribution in [0.4, 0.5) is 0 Å². The van der Waals surface area contributed by atoms with E-state index in [1.807, 2.05) is 47.1 Å². The molecular formula is C19H24N2O3. The lowest BCUT2D eigenvalue weighted by atomic mass is 10.0. The fraction of sp³-hybridized carbons (Fsp3) is 0.579. The van der Waals surface area contributed by atoms with E-state index < -0.39 is 0 Å². The molecule has 2 heterocycles. The van der Waals surface area contributed by atoms with Crippen LogP contribution in [0.3, 0.4) is 0 Å². The van der Waals surface area contributed by atoms with Gasteiger partial charge in [-0.1, -0.05) is 30.3 Å². The third-order valence-corrected chi connectivity index (χ3v) is 5.24. The zero-order chi connectivity index (χ0) is 16.7. The molecule has 0 N–H and O–H groups in total. The highest BCUT2D eigenvalue weighted by molar-refractivity contribution is 5.89. The van der Waals surface area contributed by atoms with Crippen molar-refractivity contribution in [1.82, 2.24) is 9.80 Å². The van der Waals surface area contributed by atoms with Gasteiger partial charge in [-0.25, -0.2) is 0 Å². The van der Waals surface area contributed by atoms with Gasteiger partial charge in [0, 0.05) is 25.6 Å². The zero-order valence-electron chi connectivity index (χ0n) is 14.1. The molecule has 1 aromatic rings. The standard InChI is InChI=1S/C19H24N2O3/c1-13-10-20(12-17(24-13)14-5-3-2-4-6-14)19(23)15-9-18(22)21(11-15)16-7-8-16/h2-6,13,15-17H,7-12H2,1H3/t13-,15-,17+/m1/s1. The first-order chi connectivity index (χ1) is 11.6. The van der Waals surface area contributed by atoms with Crippen LogP contribution in [0.5, 0.6) is 0 Å². The largest absolute Gasteiger partial charge is 0.367 e. The second-order valence-corrected chi connectivity index (χ2v) is 7.27. The Morgan fingerprint density at radius 2 is 1.88 bits per heavy atom. The van der Waals surface area contributed by atoms with Crippen LogP contribution in [0.25, 0.3) is 0 Å². The first-order valence-corrected chi connectivity index (χ1v) is 8.90. The summed E-state index contributed by atoms with van der Waals surface area (Å²) in [7, 11) is 0. The van der Waals surface area contributed by atoms with Gasteiger partial charge in [0.1, 0.15) is 6.10 Å². The molecule has 0 spiro atoms. The molecule has 0 bridgehead atoms. The number of hydrogen-bond donors (Lipinski definition) is 0. The van der Waals surface area contributed by atoms with Gasteiger partial charge in [0.25, 0.3) is 0 Å². The van der Waals surface area contributed by atoms with Gasteiger partial charge < -0.3 is 14.5 Å². The molecule has 4 rings (SSSR count). The minimum absolute atomic E-state index is 0.00421. The van der Waals surface area contributed by atoms with Crippen LogP contribution in [-0.2, 0) is 14.3 Å². The minimum atomic E-state index is -0.181. The van der Waals surface area contributed by atoms with Gasteiger partial charge in [-0.3, -0.25) is 9.59 Å². The fourth-order valence-corrected chi connectivity index (χ4v) is 3.88. The van der Waals surface area contributed by atoms with E-state index in [4.69, 9.17) is 4.74 Å². The molecule has 2 amide bonds. The quantitative estimate of drug-likeness (QED) is 0.852. The maximum Gasteiger partial charge on any atom is 0.228 e. The molecule has 1 aliphatic carbocycles. The molecule has 5 nitrogen and oxygen atoms in total. The second-order valence-electron chi connectivity index (χ2n) is 7.27. The first-order valence-electron chi connectivity index (χ1n) is 8.90. The molecular weight excluding hydrogens is 304 g/mol. The summed E-state index contributed by atoms with van der Waals surface area (Å²) in [6.45, 7) is 3.79. The Morgan fingerprint density at radius 3 is 2.58 bits per heavy atom. The van der Waals surface area contributed by atoms with Gasteiger partial charge >= 0.3 is 0 Å². The Bertz CT molecular complexity index is 629. The van der Waals surface area contributed by atoms with Crippen LogP contribution in [0.2, 0.25) is 0 Å². The monoisotopic (exact) mass is 328 g/mol. The molecule has 128 valence electrons. The molecule has 3 atom stereocenters. The highest BCUT2D eigenvalue weighted by Gasteiger charge is 2.43. The summed E-state index contributed by atoms with van der Waals surface area (Å²) in [4.78, 5) is 28.9. The van der Waals surface area contributed by atoms with Crippen molar-refractivity contribution in [3.63, 3.8) is 0 Å². The van der Waals surface area contributed by atoms with Gasteiger partial charge in [-0.15, -0.1) is 0 Å². The molecule has 3 fully saturated rings. The summed E-state index contributed by atoms with van der Waals surface area (Å²) >= 11 is 0. The van der Waals surface area contributed by atoms with Crippen molar-refractivity contribution in [1.29, 1.82) is 0 Å². The smallest absolute Gasteiger partial charge is 0.228 e. The Hall–Kier alpha value is -1.88. The van der Waals surface area contributed by atoms with Crippen LogP contribution >= 0.6 is 0 Å². The normalized spacial score (nSPS) is 30.7. The summed E-state index contributed by atoms with van der Waals surface area (Å²) in [5.41, 5.74) is 1.10. The third kappa shape index (κ3) is 3.05. The van der Waals surface area contributed by atoms with Crippen molar-refractivity contribution in [2.45, 2.75) is 44.4 Å². The molecule has 0 unspecified atom stereocenters. The third-order valence-electron chi connectivity index (χ3n) is 5.24. The molecule has 0 aromatic heterocycles. The molecule has 1 saturated carbocycles. The van der Waals surface area contributed by atoms with Crippen molar-refractivity contribution >= 4 is 11.8 Å². The molecule has 2 aliphatic heterocycles. The van der Waals surface area contributed by atoms with E-state index in [1.54, 1.807) is 0 Å². The van der Waals surface area contributed by atoms with E-state index >= 15 is 0 Å². The number of rotatable bonds is 3. The molecule has 3 aliphatic rings. The van der Waals surface area contributed by atoms with E-state index in [0.717, 1.165) is 18.4 Å². The zero-order valence-corrected chi connectivity index (χ0v) is 14.1. The van der Waals surface area contributed by atoms with Gasteiger partial charge in [-0.2, -0.15) is 0 Å². The van der Waals surface area contributed by atoms with Crippen molar-refractivity contribution in [3.8, 4) is 0 Å². The predicted molar refractivity (Wildman–Crippen MR) is 89.2 cm³/mol. The van der Waals surface area contributed by atoms with Crippen LogP contribution in [0.15, 0.2) is 30.3 Å². The van der Waals surface area contributed by atoms with Crippen molar-refractivity contribution < 1.29 is 14.3 Å². The highest BCUT2D eigenvalue weighted by atomic mass is 16.5. The lowest BCUT2D eigenvalue weighted by molar-refractivity contribution is -0.148. The minimum Gasteiger partial charge on any atom is -0.367 e. The fourth-order valence-electron chi connectivity index (χ4n) is 3.88. The number of carbonyl (C=O) groups excluding carboxylic acids is 2. The number of morpholine rings is 1. The van der Waals surface area contributed by atoms with Crippen LogP contribution in [-0.4, -0.2) is 53.4 Å². The van der Waals surface area contributed by atoms with E-state index in [1.165, 1.54) is 0 Å². The van der Waals surface area contributed by atoms with Crippen LogP contribution in [0.1, 0.15) is 37.9 Å². The maximum atomic E-state index is 12.9. The van der Waals surface area contributed by atoms with Crippen molar-refractivity contribution in [2.24, 2.45) is 5.92 Å². The molecule has 1 aromatic carbocycles. The van der Waals surface area contributed by atoms with Crippen LogP contribution < -0.4 is 0 Å². The SMILES string of the molecule is C[C@@H]1CN(C(=O)[C@@H]2CC(=O)N(C3CC3)C2)C[C@@H](c2ccccc2)O1. The van der Waals surface area contributed by atoms with E-state index in [0.29, 0.717) is 32.1 Å². The van der Waals surface area contributed by atoms with Crippen molar-refractivity contribution in [2.75, 3.05) is 19.6 Å². The number of hydrogen-bond acceptors (Lipinski definition) is 3. The number of likely N-dealkylation sites (tertiary alicyclic amines) is 1. The molecule has 24 heavy (non-hydrogen) atoms. The first kappa shape index (κ1) is 15.6. The highest BCUT2D eigenvalue weighted by Crippen LogP contribution is 2.34. The Morgan fingerprint density at radius 1 is 1.12 bits per heavy atom. The van der Waals surface area contributed by atoms with Gasteiger partial charge in [0.05, 0.1) is 18.6 Å². The van der Waals surface area contributed by atoms with E-state index in [9.17, 15) is 9.59 Å². The summed E-state index contributed by atoms with van der Waals surface area (Å²) in [5, 5.41) is 0. The number of benzene rings is 1. The average Bonchev–Trinajstić information content (AvgIpc) is 3.36. The Balaban J connectivity index is 1.45. The average molecular weight is 328 g/mol. The van der Waals surface area contributed by atoms with Crippen molar-refractivity contribution in [3.05, 3.63) is 35.9 Å². The Kier molecular flexibility index (Phi) is 4.04. The number of carbonyl (C=O) groups is 2. The number of nitrogens with zero attached hydrogens (tertiary/aromatic N) is 2. The summed E-state index contributed by atoms with van der Waals surface area (Å²) in [6, 6.07) is 10.4. The molecule has 0 radical (unpaired) electrons. The number of amides is 2. The Labute approximate surface area is 142 Å². The van der Waals surface area contributed by atoms with Crippen LogP contribution in [0, 0.1) is 5.92 Å². The van der Waals surface area contributed by atoms with E-state index in [2.05, 4.69) is 0 Å². The van der Waals surface area contributed by atoms with Gasteiger partial charge in [-0.05, 0) is 25.3 Å². The second kappa shape index (κ2) is 6.20. The maximum absolute atomic E-state index is 12.9. The summed E-state index contributed by atoms with van der Waals surface area (Å²) in [6.07, 6.45) is 2.48. The number of ether oxygens (including phenoxy) is 1.